The van der Waals surface area contributed by atoms with Gasteiger partial charge in [-0.1, -0.05) is 24.3 Å². The SMILES string of the molecule is CN1c2cc(NC(=O)OC(C)(C)C)ccc2-c2ccc(NC(=O)OC(C)(C)C)cc2C1c1ccc(OCCF)cc1. The number of anilines is 3. The Morgan fingerprint density at radius 1 is 0.805 bits per heavy atom. The fourth-order valence-electron chi connectivity index (χ4n) is 4.74. The van der Waals surface area contributed by atoms with E-state index in [1.807, 2.05) is 109 Å². The fraction of sp³-hybridized carbons (Fsp3) is 0.375. The van der Waals surface area contributed by atoms with Gasteiger partial charge in [-0.2, -0.15) is 0 Å². The summed E-state index contributed by atoms with van der Waals surface area (Å²) in [4.78, 5) is 27.1. The van der Waals surface area contributed by atoms with E-state index in [2.05, 4.69) is 15.5 Å². The maximum absolute atomic E-state index is 12.6. The fourth-order valence-corrected chi connectivity index (χ4v) is 4.74. The van der Waals surface area contributed by atoms with Gasteiger partial charge in [0, 0.05) is 29.7 Å². The predicted molar refractivity (Wildman–Crippen MR) is 160 cm³/mol. The molecule has 2 N–H and O–H groups in total. The third-order valence-corrected chi connectivity index (χ3v) is 6.23. The first-order valence-corrected chi connectivity index (χ1v) is 13.5. The second-order valence-corrected chi connectivity index (χ2v) is 11.9. The monoisotopic (exact) mass is 563 g/mol. The first kappa shape index (κ1) is 29.7. The minimum absolute atomic E-state index is 0.00793. The van der Waals surface area contributed by atoms with Crippen LogP contribution in [0.25, 0.3) is 11.1 Å². The highest BCUT2D eigenvalue weighted by Crippen LogP contribution is 2.48. The summed E-state index contributed by atoms with van der Waals surface area (Å²) in [5.41, 5.74) is 4.75. The summed E-state index contributed by atoms with van der Waals surface area (Å²) in [6.07, 6.45) is -1.07. The van der Waals surface area contributed by atoms with Crippen molar-refractivity contribution in [2.24, 2.45) is 0 Å². The molecule has 0 aliphatic carbocycles. The minimum atomic E-state index is -0.628. The van der Waals surface area contributed by atoms with Gasteiger partial charge < -0.3 is 19.1 Å². The maximum atomic E-state index is 12.6. The van der Waals surface area contributed by atoms with E-state index in [0.29, 0.717) is 17.1 Å². The van der Waals surface area contributed by atoms with Crippen LogP contribution in [-0.4, -0.2) is 43.7 Å². The zero-order valence-corrected chi connectivity index (χ0v) is 24.6. The molecule has 0 bridgehead atoms. The lowest BCUT2D eigenvalue weighted by molar-refractivity contribution is 0.0624. The Morgan fingerprint density at radius 3 is 1.88 bits per heavy atom. The molecule has 1 aliphatic heterocycles. The quantitative estimate of drug-likeness (QED) is 0.317. The third kappa shape index (κ3) is 7.48. The summed E-state index contributed by atoms with van der Waals surface area (Å²) in [6, 6.07) is 18.8. The van der Waals surface area contributed by atoms with Crippen LogP contribution < -0.4 is 20.3 Å². The van der Waals surface area contributed by atoms with Gasteiger partial charge in [0.2, 0.25) is 0 Å². The van der Waals surface area contributed by atoms with Gasteiger partial charge >= 0.3 is 12.2 Å². The molecule has 8 nitrogen and oxygen atoms in total. The number of rotatable bonds is 6. The molecular weight excluding hydrogens is 525 g/mol. The van der Waals surface area contributed by atoms with Crippen LogP contribution in [0, 0.1) is 0 Å². The summed E-state index contributed by atoms with van der Waals surface area (Å²) >= 11 is 0. The smallest absolute Gasteiger partial charge is 0.412 e. The van der Waals surface area contributed by atoms with Gasteiger partial charge in [-0.15, -0.1) is 0 Å². The Labute approximate surface area is 240 Å². The summed E-state index contributed by atoms with van der Waals surface area (Å²) in [6.45, 7) is 10.3. The molecule has 0 aromatic heterocycles. The molecule has 1 atom stereocenters. The van der Waals surface area contributed by atoms with Crippen LogP contribution >= 0.6 is 0 Å². The van der Waals surface area contributed by atoms with Gasteiger partial charge in [0.1, 0.15) is 30.2 Å². The van der Waals surface area contributed by atoms with Gasteiger partial charge in [0.15, 0.2) is 0 Å². The average Bonchev–Trinajstić information content (AvgIpc) is 2.86. The molecule has 0 spiro atoms. The van der Waals surface area contributed by atoms with E-state index in [-0.39, 0.29) is 12.6 Å². The van der Waals surface area contributed by atoms with Crippen molar-refractivity contribution in [2.75, 3.05) is 35.9 Å². The Hall–Kier alpha value is -4.27. The second kappa shape index (κ2) is 11.7. The Bertz CT molecular complexity index is 1410. The summed E-state index contributed by atoms with van der Waals surface area (Å²) < 4.78 is 28.9. The van der Waals surface area contributed by atoms with E-state index in [1.54, 1.807) is 0 Å². The number of hydrogen-bond donors (Lipinski definition) is 2. The van der Waals surface area contributed by atoms with Crippen LogP contribution in [-0.2, 0) is 9.47 Å². The highest BCUT2D eigenvalue weighted by Gasteiger charge is 2.31. The number of hydrogen-bond acceptors (Lipinski definition) is 6. The number of halogens is 1. The Balaban J connectivity index is 1.74. The molecule has 1 unspecified atom stereocenters. The van der Waals surface area contributed by atoms with Crippen molar-refractivity contribution in [2.45, 2.75) is 58.8 Å². The van der Waals surface area contributed by atoms with Crippen LogP contribution in [0.15, 0.2) is 60.7 Å². The van der Waals surface area contributed by atoms with Crippen molar-refractivity contribution in [1.82, 2.24) is 0 Å². The normalized spacial score (nSPS) is 14.4. The van der Waals surface area contributed by atoms with Crippen molar-refractivity contribution in [3.05, 3.63) is 71.8 Å². The highest BCUT2D eigenvalue weighted by molar-refractivity contribution is 5.93. The number of nitrogens with one attached hydrogen (secondary N) is 2. The first-order chi connectivity index (χ1) is 19.2. The standard InChI is InChI=1S/C32H38FN3O5/c1-31(2,3)40-29(37)34-21-10-14-24-25-15-11-22(35-30(38)41-32(4,5)6)19-27(25)36(7)28(26(24)18-21)20-8-12-23(13-9-20)39-17-16-33/h8-15,18-19,28H,16-17H2,1-7H3,(H,34,37)(H,35,38). The Morgan fingerprint density at radius 2 is 1.34 bits per heavy atom. The van der Waals surface area contributed by atoms with Gasteiger partial charge in [0.05, 0.1) is 6.04 Å². The molecule has 4 rings (SSSR count). The molecule has 0 saturated heterocycles. The minimum Gasteiger partial charge on any atom is -0.491 e. The van der Waals surface area contributed by atoms with Gasteiger partial charge in [0.25, 0.3) is 0 Å². The highest BCUT2D eigenvalue weighted by atomic mass is 19.1. The summed E-state index contributed by atoms with van der Waals surface area (Å²) in [5, 5.41) is 5.67. The lowest BCUT2D eigenvalue weighted by Crippen LogP contribution is -2.30. The van der Waals surface area contributed by atoms with Crippen molar-refractivity contribution in [3.8, 4) is 16.9 Å². The van der Waals surface area contributed by atoms with E-state index >= 15 is 0 Å². The van der Waals surface area contributed by atoms with Crippen LogP contribution in [0.5, 0.6) is 5.75 Å². The van der Waals surface area contributed by atoms with E-state index in [9.17, 15) is 14.0 Å². The lowest BCUT2D eigenvalue weighted by Gasteiger charge is -2.38. The van der Waals surface area contributed by atoms with Crippen molar-refractivity contribution in [3.63, 3.8) is 0 Å². The van der Waals surface area contributed by atoms with Crippen molar-refractivity contribution >= 4 is 29.2 Å². The van der Waals surface area contributed by atoms with Crippen LogP contribution in [0.4, 0.5) is 31.0 Å². The molecular formula is C32H38FN3O5. The van der Waals surface area contributed by atoms with Crippen molar-refractivity contribution in [1.29, 1.82) is 0 Å². The van der Waals surface area contributed by atoms with E-state index in [4.69, 9.17) is 14.2 Å². The molecule has 218 valence electrons. The van der Waals surface area contributed by atoms with Crippen LogP contribution in [0.3, 0.4) is 0 Å². The molecule has 41 heavy (non-hydrogen) atoms. The first-order valence-electron chi connectivity index (χ1n) is 13.5. The second-order valence-electron chi connectivity index (χ2n) is 11.9. The molecule has 0 radical (unpaired) electrons. The molecule has 0 saturated carbocycles. The molecule has 2 amide bonds. The number of fused-ring (bicyclic) bond motifs is 3. The number of alkyl halides is 1. The molecule has 3 aromatic rings. The topological polar surface area (TPSA) is 89.1 Å². The molecule has 9 heteroatoms. The molecule has 1 aliphatic rings. The van der Waals surface area contributed by atoms with Crippen molar-refractivity contribution < 1.29 is 28.2 Å². The van der Waals surface area contributed by atoms with E-state index in [0.717, 1.165) is 27.9 Å². The summed E-state index contributed by atoms with van der Waals surface area (Å²) in [7, 11) is 1.98. The zero-order valence-electron chi connectivity index (χ0n) is 24.6. The number of carbonyl (C=O) groups is 2. The number of benzene rings is 3. The maximum Gasteiger partial charge on any atom is 0.412 e. The summed E-state index contributed by atoms with van der Waals surface area (Å²) in [5.74, 6) is 0.578. The van der Waals surface area contributed by atoms with Crippen LogP contribution in [0.2, 0.25) is 0 Å². The number of ether oxygens (including phenoxy) is 3. The predicted octanol–water partition coefficient (Wildman–Crippen LogP) is 7.94. The largest absolute Gasteiger partial charge is 0.491 e. The number of carbonyl (C=O) groups excluding carboxylic acids is 2. The average molecular weight is 564 g/mol. The lowest BCUT2D eigenvalue weighted by atomic mass is 9.84. The van der Waals surface area contributed by atoms with Gasteiger partial charge in [-0.25, -0.2) is 14.0 Å². The number of nitrogens with zero attached hydrogens (tertiary/aromatic N) is 1. The van der Waals surface area contributed by atoms with Gasteiger partial charge in [-0.05, 0) is 94.6 Å². The van der Waals surface area contributed by atoms with E-state index < -0.39 is 30.1 Å². The molecule has 3 aromatic carbocycles. The third-order valence-electron chi connectivity index (χ3n) is 6.23. The van der Waals surface area contributed by atoms with Crippen LogP contribution in [0.1, 0.15) is 58.7 Å². The molecule has 1 heterocycles. The Kier molecular flexibility index (Phi) is 8.47. The zero-order chi connectivity index (χ0) is 29.9. The number of amides is 2. The van der Waals surface area contributed by atoms with E-state index in [1.165, 1.54) is 0 Å². The molecule has 0 fully saturated rings. The van der Waals surface area contributed by atoms with Gasteiger partial charge in [-0.3, -0.25) is 10.6 Å².